The lowest BCUT2D eigenvalue weighted by Crippen LogP contribution is -2.59. The van der Waals surface area contributed by atoms with E-state index in [1.165, 1.54) is 0 Å². The number of carbonyl (C=O) groups is 1. The molecular weight excluding hydrogens is 290 g/mol. The Morgan fingerprint density at radius 1 is 1.13 bits per heavy atom. The highest BCUT2D eigenvalue weighted by Gasteiger charge is 2.31. The predicted octanol–water partition coefficient (Wildman–Crippen LogP) is 2.38. The summed E-state index contributed by atoms with van der Waals surface area (Å²) in [4.78, 5) is 13.6. The van der Waals surface area contributed by atoms with Crippen molar-refractivity contribution in [3.63, 3.8) is 0 Å². The lowest BCUT2D eigenvalue weighted by atomic mass is 10.1. The van der Waals surface area contributed by atoms with Crippen molar-refractivity contribution in [2.24, 2.45) is 0 Å². The van der Waals surface area contributed by atoms with E-state index in [4.69, 9.17) is 10.5 Å². The van der Waals surface area contributed by atoms with E-state index in [0.717, 1.165) is 16.8 Å². The molecule has 0 aliphatic carbocycles. The van der Waals surface area contributed by atoms with E-state index in [-0.39, 0.29) is 6.09 Å². The third-order valence-corrected chi connectivity index (χ3v) is 3.98. The highest BCUT2D eigenvalue weighted by atomic mass is 16.6. The van der Waals surface area contributed by atoms with Crippen LogP contribution in [-0.4, -0.2) is 30.1 Å². The van der Waals surface area contributed by atoms with Gasteiger partial charge in [0.2, 0.25) is 0 Å². The van der Waals surface area contributed by atoms with Crippen molar-refractivity contribution in [2.45, 2.75) is 19.2 Å². The fourth-order valence-corrected chi connectivity index (χ4v) is 2.52. The van der Waals surface area contributed by atoms with E-state index in [1.54, 1.807) is 4.90 Å². The van der Waals surface area contributed by atoms with Gasteiger partial charge in [-0.3, -0.25) is 0 Å². The predicted molar refractivity (Wildman–Crippen MR) is 89.7 cm³/mol. The van der Waals surface area contributed by atoms with Crippen LogP contribution in [0.5, 0.6) is 0 Å². The second kappa shape index (κ2) is 7.15. The molecule has 5 nitrogen and oxygen atoms in total. The van der Waals surface area contributed by atoms with E-state index >= 15 is 0 Å². The van der Waals surface area contributed by atoms with Crippen molar-refractivity contribution in [1.29, 1.82) is 0 Å². The molecule has 23 heavy (non-hydrogen) atoms. The summed E-state index contributed by atoms with van der Waals surface area (Å²) in [6, 6.07) is 17.8. The van der Waals surface area contributed by atoms with Crippen molar-refractivity contribution in [2.75, 3.05) is 18.8 Å². The summed E-state index contributed by atoms with van der Waals surface area (Å²) in [5.74, 6) is 0. The highest BCUT2D eigenvalue weighted by Crippen LogP contribution is 2.14. The van der Waals surface area contributed by atoms with Crippen LogP contribution in [0.25, 0.3) is 0 Å². The molecule has 3 rings (SSSR count). The lowest BCUT2D eigenvalue weighted by Gasteiger charge is -2.38. The maximum atomic E-state index is 11.9. The van der Waals surface area contributed by atoms with Gasteiger partial charge in [0, 0.05) is 31.4 Å². The van der Waals surface area contributed by atoms with Crippen LogP contribution in [0.2, 0.25) is 0 Å². The van der Waals surface area contributed by atoms with E-state index in [1.807, 2.05) is 54.6 Å². The van der Waals surface area contributed by atoms with Crippen LogP contribution < -0.4 is 11.1 Å². The molecule has 1 heterocycles. The van der Waals surface area contributed by atoms with Crippen LogP contribution in [0.3, 0.4) is 0 Å². The van der Waals surface area contributed by atoms with E-state index in [2.05, 4.69) is 5.32 Å². The Kier molecular flexibility index (Phi) is 4.78. The second-order valence-corrected chi connectivity index (χ2v) is 5.72. The molecule has 1 amide bonds. The molecule has 2 aromatic rings. The molecule has 1 aliphatic rings. The topological polar surface area (TPSA) is 67.6 Å². The number of ether oxygens (including phenoxy) is 1. The van der Waals surface area contributed by atoms with Gasteiger partial charge in [-0.25, -0.2) is 4.79 Å². The van der Waals surface area contributed by atoms with Gasteiger partial charge in [0.05, 0.1) is 0 Å². The maximum Gasteiger partial charge on any atom is 0.410 e. The molecule has 5 heteroatoms. The zero-order valence-electron chi connectivity index (χ0n) is 12.9. The summed E-state index contributed by atoms with van der Waals surface area (Å²) < 4.78 is 5.30. The number of rotatable bonds is 5. The van der Waals surface area contributed by atoms with Gasteiger partial charge in [0.1, 0.15) is 6.61 Å². The monoisotopic (exact) mass is 311 g/mol. The number of carbonyl (C=O) groups excluding carboxylic acids is 1. The number of nitrogens with two attached hydrogens (primary N) is 1. The molecule has 0 unspecified atom stereocenters. The molecule has 1 fully saturated rings. The molecule has 3 N–H and O–H groups in total. The van der Waals surface area contributed by atoms with Crippen LogP contribution in [0.15, 0.2) is 54.6 Å². The van der Waals surface area contributed by atoms with Crippen LogP contribution in [0.1, 0.15) is 11.1 Å². The zero-order chi connectivity index (χ0) is 16.1. The van der Waals surface area contributed by atoms with Gasteiger partial charge in [-0.15, -0.1) is 0 Å². The number of anilines is 1. The van der Waals surface area contributed by atoms with Crippen molar-refractivity contribution >= 4 is 11.8 Å². The van der Waals surface area contributed by atoms with E-state index in [9.17, 15) is 4.79 Å². The molecular formula is C18H21N3O2. The fraction of sp³-hybridized carbons (Fsp3) is 0.278. The highest BCUT2D eigenvalue weighted by molar-refractivity contribution is 5.68. The molecule has 0 atom stereocenters. The van der Waals surface area contributed by atoms with Gasteiger partial charge >= 0.3 is 6.09 Å². The van der Waals surface area contributed by atoms with Gasteiger partial charge in [0.25, 0.3) is 0 Å². The minimum absolute atomic E-state index is 0.258. The van der Waals surface area contributed by atoms with E-state index < -0.39 is 0 Å². The summed E-state index contributed by atoms with van der Waals surface area (Å²) in [6.45, 7) is 2.36. The first-order chi connectivity index (χ1) is 11.2. The normalized spacial score (nSPS) is 14.3. The summed E-state index contributed by atoms with van der Waals surface area (Å²) in [5.41, 5.74) is 8.78. The largest absolute Gasteiger partial charge is 0.445 e. The number of nitrogens with zero attached hydrogens (tertiary/aromatic N) is 1. The first-order valence-electron chi connectivity index (χ1n) is 7.75. The molecule has 2 aromatic carbocycles. The van der Waals surface area contributed by atoms with Gasteiger partial charge < -0.3 is 20.7 Å². The zero-order valence-corrected chi connectivity index (χ0v) is 12.9. The Balaban J connectivity index is 1.37. The fourth-order valence-electron chi connectivity index (χ4n) is 2.52. The molecule has 0 spiro atoms. The molecule has 0 bridgehead atoms. The van der Waals surface area contributed by atoms with Crippen LogP contribution in [0, 0.1) is 0 Å². The number of nitrogens with one attached hydrogen (secondary N) is 1. The summed E-state index contributed by atoms with van der Waals surface area (Å²) >= 11 is 0. The Morgan fingerprint density at radius 3 is 2.57 bits per heavy atom. The number of likely N-dealkylation sites (tertiary alicyclic amines) is 1. The summed E-state index contributed by atoms with van der Waals surface area (Å²) in [7, 11) is 0. The first-order valence-corrected chi connectivity index (χ1v) is 7.75. The third-order valence-electron chi connectivity index (χ3n) is 3.98. The number of benzene rings is 2. The number of para-hydroxylation sites is 1. The Labute approximate surface area is 136 Å². The van der Waals surface area contributed by atoms with Gasteiger partial charge in [-0.05, 0) is 17.2 Å². The Morgan fingerprint density at radius 2 is 1.83 bits per heavy atom. The Bertz CT molecular complexity index is 654. The van der Waals surface area contributed by atoms with Crippen molar-refractivity contribution in [1.82, 2.24) is 10.2 Å². The minimum atomic E-state index is -0.258. The van der Waals surface area contributed by atoms with Crippen LogP contribution in [-0.2, 0) is 17.9 Å². The molecule has 0 saturated carbocycles. The van der Waals surface area contributed by atoms with Crippen molar-refractivity contribution in [3.05, 3.63) is 65.7 Å². The number of amides is 1. The number of nitrogen functional groups attached to an aromatic ring is 1. The number of hydrogen-bond donors (Lipinski definition) is 2. The van der Waals surface area contributed by atoms with E-state index in [0.29, 0.717) is 32.3 Å². The minimum Gasteiger partial charge on any atom is -0.445 e. The van der Waals surface area contributed by atoms with Gasteiger partial charge in [-0.1, -0.05) is 48.5 Å². The van der Waals surface area contributed by atoms with Gasteiger partial charge in [0.15, 0.2) is 0 Å². The standard InChI is InChI=1S/C18H21N3O2/c19-17-9-5-4-8-15(17)10-20-16-11-21(12-16)18(22)23-13-14-6-2-1-3-7-14/h1-9,16,20H,10-13,19H2. The molecule has 120 valence electrons. The average molecular weight is 311 g/mol. The molecule has 0 radical (unpaired) electrons. The van der Waals surface area contributed by atoms with Crippen molar-refractivity contribution < 1.29 is 9.53 Å². The maximum absolute atomic E-state index is 11.9. The first kappa shape index (κ1) is 15.4. The molecule has 1 saturated heterocycles. The summed E-state index contributed by atoms with van der Waals surface area (Å²) in [5, 5.41) is 3.41. The third kappa shape index (κ3) is 4.02. The average Bonchev–Trinajstić information content (AvgIpc) is 2.54. The van der Waals surface area contributed by atoms with Crippen molar-refractivity contribution in [3.8, 4) is 0 Å². The Hall–Kier alpha value is -2.53. The number of hydrogen-bond acceptors (Lipinski definition) is 4. The molecule has 1 aliphatic heterocycles. The quantitative estimate of drug-likeness (QED) is 0.832. The van der Waals surface area contributed by atoms with Crippen LogP contribution >= 0.6 is 0 Å². The van der Waals surface area contributed by atoms with Crippen LogP contribution in [0.4, 0.5) is 10.5 Å². The molecule has 0 aromatic heterocycles. The SMILES string of the molecule is Nc1ccccc1CNC1CN(C(=O)OCc2ccccc2)C1. The summed E-state index contributed by atoms with van der Waals surface area (Å²) in [6.07, 6.45) is -0.258. The lowest BCUT2D eigenvalue weighted by molar-refractivity contribution is 0.0600. The van der Waals surface area contributed by atoms with Gasteiger partial charge in [-0.2, -0.15) is 0 Å². The second-order valence-electron chi connectivity index (χ2n) is 5.72. The smallest absolute Gasteiger partial charge is 0.410 e.